The molecule has 0 aliphatic heterocycles. The van der Waals surface area contributed by atoms with Crippen molar-refractivity contribution in [3.05, 3.63) is 55.6 Å². The van der Waals surface area contributed by atoms with Crippen LogP contribution in [0, 0.1) is 0 Å². The maximum atomic E-state index is 10.1. The largest absolute Gasteiger partial charge is 0.388 e. The van der Waals surface area contributed by atoms with Crippen LogP contribution in [-0.4, -0.2) is 5.11 Å². The van der Waals surface area contributed by atoms with E-state index in [1.165, 1.54) is 4.88 Å². The lowest BCUT2D eigenvalue weighted by molar-refractivity contribution is 0.168. The van der Waals surface area contributed by atoms with Crippen LogP contribution < -0.4 is 0 Å². The van der Waals surface area contributed by atoms with Crippen molar-refractivity contribution in [1.82, 2.24) is 0 Å². The maximum Gasteiger partial charge on any atom is 0.0807 e. The Morgan fingerprint density at radius 2 is 2.18 bits per heavy atom. The molecule has 0 spiro atoms. The first-order valence-corrected chi connectivity index (χ1v) is 7.37. The molecule has 0 bridgehead atoms. The van der Waals surface area contributed by atoms with Crippen molar-refractivity contribution in [2.24, 2.45) is 0 Å². The third kappa shape index (κ3) is 3.55. The Balaban J connectivity index is 2.01. The molecular weight excluding hydrogens is 320 g/mol. The lowest BCUT2D eigenvalue weighted by atomic mass is 10.0. The Kier molecular flexibility index (Phi) is 4.62. The number of aliphatic hydroxyl groups is 1. The monoisotopic (exact) mass is 330 g/mol. The van der Waals surface area contributed by atoms with Crippen LogP contribution in [0.15, 0.2) is 40.2 Å². The normalized spacial score (nSPS) is 12.6. The molecule has 0 saturated carbocycles. The average Bonchev–Trinajstić information content (AvgIpc) is 2.78. The van der Waals surface area contributed by atoms with Crippen LogP contribution in [-0.2, 0) is 6.42 Å². The van der Waals surface area contributed by atoms with Gasteiger partial charge < -0.3 is 5.11 Å². The van der Waals surface area contributed by atoms with E-state index in [0.29, 0.717) is 11.4 Å². The first-order valence-electron chi connectivity index (χ1n) is 5.32. The van der Waals surface area contributed by atoms with Gasteiger partial charge in [-0.15, -0.1) is 11.3 Å². The van der Waals surface area contributed by atoms with Crippen molar-refractivity contribution in [3.8, 4) is 0 Å². The predicted molar refractivity (Wildman–Crippen MR) is 76.8 cm³/mol. The molecule has 0 amide bonds. The molecule has 1 N–H and O–H groups in total. The van der Waals surface area contributed by atoms with Crippen LogP contribution >= 0.6 is 38.9 Å². The molecule has 4 heteroatoms. The van der Waals surface area contributed by atoms with Gasteiger partial charge in [0.2, 0.25) is 0 Å². The second-order valence-corrected chi connectivity index (χ2v) is 6.15. The summed E-state index contributed by atoms with van der Waals surface area (Å²) in [7, 11) is 0. The van der Waals surface area contributed by atoms with Gasteiger partial charge in [0.15, 0.2) is 0 Å². The van der Waals surface area contributed by atoms with Gasteiger partial charge in [-0.3, -0.25) is 0 Å². The zero-order valence-electron chi connectivity index (χ0n) is 9.07. The summed E-state index contributed by atoms with van der Waals surface area (Å²) in [5.74, 6) is 0. The minimum absolute atomic E-state index is 0.502. The smallest absolute Gasteiger partial charge is 0.0807 e. The number of thiophene rings is 1. The number of aliphatic hydroxyl groups excluding tert-OH is 1. The molecule has 2 rings (SSSR count). The van der Waals surface area contributed by atoms with E-state index in [-0.39, 0.29) is 0 Å². The topological polar surface area (TPSA) is 20.2 Å². The highest BCUT2D eigenvalue weighted by atomic mass is 79.9. The summed E-state index contributed by atoms with van der Waals surface area (Å²) < 4.78 is 0.928. The van der Waals surface area contributed by atoms with Gasteiger partial charge in [0, 0.05) is 14.4 Å². The van der Waals surface area contributed by atoms with E-state index in [1.54, 1.807) is 11.3 Å². The minimum Gasteiger partial charge on any atom is -0.388 e. The molecule has 90 valence electrons. The van der Waals surface area contributed by atoms with Crippen LogP contribution in [0.1, 0.15) is 23.0 Å². The minimum atomic E-state index is -0.502. The molecule has 2 aromatic rings. The molecule has 0 saturated heterocycles. The molecule has 0 aliphatic rings. The van der Waals surface area contributed by atoms with Gasteiger partial charge in [-0.1, -0.05) is 39.7 Å². The van der Waals surface area contributed by atoms with Crippen LogP contribution in [0.25, 0.3) is 0 Å². The van der Waals surface area contributed by atoms with E-state index in [4.69, 9.17) is 11.6 Å². The fourth-order valence-electron chi connectivity index (χ4n) is 1.66. The van der Waals surface area contributed by atoms with Gasteiger partial charge in [-0.05, 0) is 42.0 Å². The third-order valence-electron chi connectivity index (χ3n) is 2.57. The molecule has 1 aromatic heterocycles. The van der Waals surface area contributed by atoms with Crippen LogP contribution in [0.5, 0.6) is 0 Å². The molecule has 1 nitrogen and oxygen atoms in total. The van der Waals surface area contributed by atoms with Crippen molar-refractivity contribution < 1.29 is 5.11 Å². The summed E-state index contributed by atoms with van der Waals surface area (Å²) in [4.78, 5) is 1.29. The summed E-state index contributed by atoms with van der Waals surface area (Å²) >= 11 is 11.2. The zero-order chi connectivity index (χ0) is 12.3. The van der Waals surface area contributed by atoms with Gasteiger partial charge >= 0.3 is 0 Å². The molecule has 1 unspecified atom stereocenters. The van der Waals surface area contributed by atoms with E-state index >= 15 is 0 Å². The molecule has 0 radical (unpaired) electrons. The van der Waals surface area contributed by atoms with Crippen LogP contribution in [0.3, 0.4) is 0 Å². The summed E-state index contributed by atoms with van der Waals surface area (Å²) in [6, 6.07) is 9.69. The number of hydrogen-bond donors (Lipinski definition) is 1. The second-order valence-electron chi connectivity index (χ2n) is 3.80. The van der Waals surface area contributed by atoms with Gasteiger partial charge in [0.1, 0.15) is 0 Å². The Morgan fingerprint density at radius 3 is 2.82 bits per heavy atom. The van der Waals surface area contributed by atoms with Gasteiger partial charge in [0.05, 0.1) is 6.10 Å². The van der Waals surface area contributed by atoms with E-state index < -0.39 is 6.10 Å². The third-order valence-corrected chi connectivity index (χ3v) is 4.32. The lowest BCUT2D eigenvalue weighted by Crippen LogP contribution is -1.99. The Labute approximate surface area is 118 Å². The summed E-state index contributed by atoms with van der Waals surface area (Å²) in [5, 5.41) is 12.8. The molecule has 1 heterocycles. The molecular formula is C13H12BrClOS. The average molecular weight is 332 g/mol. The van der Waals surface area contributed by atoms with Crippen molar-refractivity contribution in [3.63, 3.8) is 0 Å². The quantitative estimate of drug-likeness (QED) is 0.850. The van der Waals surface area contributed by atoms with E-state index in [0.717, 1.165) is 16.5 Å². The standard InChI is InChI=1S/C13H12BrClOS/c14-9-3-5-11(12(15)8-9)13(16)6-4-10-2-1-7-17-10/h1-3,5,7-8,13,16H,4,6H2. The van der Waals surface area contributed by atoms with Crippen LogP contribution in [0.4, 0.5) is 0 Å². The van der Waals surface area contributed by atoms with Crippen molar-refractivity contribution in [1.29, 1.82) is 0 Å². The van der Waals surface area contributed by atoms with E-state index in [1.807, 2.05) is 29.6 Å². The lowest BCUT2D eigenvalue weighted by Gasteiger charge is -2.12. The molecule has 1 aromatic carbocycles. The maximum absolute atomic E-state index is 10.1. The summed E-state index contributed by atoms with van der Waals surface area (Å²) in [6.45, 7) is 0. The number of benzene rings is 1. The molecule has 0 aliphatic carbocycles. The zero-order valence-corrected chi connectivity index (χ0v) is 12.2. The number of aryl methyl sites for hydroxylation is 1. The van der Waals surface area contributed by atoms with Gasteiger partial charge in [-0.25, -0.2) is 0 Å². The van der Waals surface area contributed by atoms with Gasteiger partial charge in [0.25, 0.3) is 0 Å². The summed E-state index contributed by atoms with van der Waals surface area (Å²) in [5.41, 5.74) is 0.798. The van der Waals surface area contributed by atoms with E-state index in [2.05, 4.69) is 22.0 Å². The van der Waals surface area contributed by atoms with Gasteiger partial charge in [-0.2, -0.15) is 0 Å². The number of halogens is 2. The van der Waals surface area contributed by atoms with Crippen molar-refractivity contribution in [2.45, 2.75) is 18.9 Å². The first kappa shape index (κ1) is 13.1. The number of rotatable bonds is 4. The predicted octanol–water partition coefficient (Wildman–Crippen LogP) is 4.83. The summed E-state index contributed by atoms with van der Waals surface area (Å²) in [6.07, 6.45) is 1.07. The molecule has 1 atom stereocenters. The highest BCUT2D eigenvalue weighted by molar-refractivity contribution is 9.10. The Hall–Kier alpha value is -0.350. The first-order chi connectivity index (χ1) is 8.16. The molecule has 0 fully saturated rings. The van der Waals surface area contributed by atoms with Crippen molar-refractivity contribution >= 4 is 38.9 Å². The number of hydrogen-bond acceptors (Lipinski definition) is 2. The van der Waals surface area contributed by atoms with Crippen molar-refractivity contribution in [2.75, 3.05) is 0 Å². The fourth-order valence-corrected chi connectivity index (χ4v) is 3.19. The van der Waals surface area contributed by atoms with E-state index in [9.17, 15) is 5.11 Å². The van der Waals surface area contributed by atoms with Crippen LogP contribution in [0.2, 0.25) is 5.02 Å². The highest BCUT2D eigenvalue weighted by Gasteiger charge is 2.12. The second kappa shape index (κ2) is 6.01. The Bertz CT molecular complexity index is 484. The molecule has 17 heavy (non-hydrogen) atoms. The Morgan fingerprint density at radius 1 is 1.35 bits per heavy atom. The highest BCUT2D eigenvalue weighted by Crippen LogP contribution is 2.29. The SMILES string of the molecule is OC(CCc1cccs1)c1ccc(Br)cc1Cl. The fraction of sp³-hybridized carbons (Fsp3) is 0.231.